The molecule has 1 aliphatic carbocycles. The second-order valence-corrected chi connectivity index (χ2v) is 4.32. The van der Waals surface area contributed by atoms with E-state index in [1.165, 1.54) is 4.90 Å². The van der Waals surface area contributed by atoms with Crippen molar-refractivity contribution in [2.75, 3.05) is 13.1 Å². The number of ketones is 1. The third-order valence-corrected chi connectivity index (χ3v) is 3.45. The summed E-state index contributed by atoms with van der Waals surface area (Å²) in [6.45, 7) is 1.20. The Bertz CT molecular complexity index is 262. The number of carbonyl (C=O) groups excluding carboxylic acids is 1. The first kappa shape index (κ1) is 9.49. The van der Waals surface area contributed by atoms with Crippen molar-refractivity contribution in [3.05, 3.63) is 0 Å². The van der Waals surface area contributed by atoms with Gasteiger partial charge < -0.3 is 10.0 Å². The summed E-state index contributed by atoms with van der Waals surface area (Å²) in [5, 5.41) is 8.84. The van der Waals surface area contributed by atoms with Crippen LogP contribution >= 0.6 is 0 Å². The number of fused-ring (bicyclic) bond motifs is 1. The summed E-state index contributed by atoms with van der Waals surface area (Å²) in [7, 11) is 0. The third-order valence-electron chi connectivity index (χ3n) is 3.45. The van der Waals surface area contributed by atoms with E-state index in [1.54, 1.807) is 0 Å². The maximum absolute atomic E-state index is 11.2. The lowest BCUT2D eigenvalue weighted by Gasteiger charge is -2.39. The van der Waals surface area contributed by atoms with Gasteiger partial charge in [0.25, 0.3) is 0 Å². The SMILES string of the molecule is O=C1CC[C@H]2CCN(C(=O)O)C[C@H]2C1. The van der Waals surface area contributed by atoms with E-state index >= 15 is 0 Å². The maximum Gasteiger partial charge on any atom is 0.407 e. The summed E-state index contributed by atoms with van der Waals surface area (Å²) in [6.07, 6.45) is 2.35. The van der Waals surface area contributed by atoms with Crippen molar-refractivity contribution in [2.45, 2.75) is 25.7 Å². The Kier molecular flexibility index (Phi) is 2.44. The molecule has 0 spiro atoms. The number of hydrogen-bond acceptors (Lipinski definition) is 2. The van der Waals surface area contributed by atoms with Crippen molar-refractivity contribution < 1.29 is 14.7 Å². The first-order chi connectivity index (χ1) is 6.66. The van der Waals surface area contributed by atoms with Crippen molar-refractivity contribution in [2.24, 2.45) is 11.8 Å². The number of rotatable bonds is 0. The summed E-state index contributed by atoms with van der Waals surface area (Å²) in [4.78, 5) is 23.4. The third kappa shape index (κ3) is 1.74. The Hall–Kier alpha value is -1.06. The number of nitrogens with zero attached hydrogens (tertiary/aromatic N) is 1. The van der Waals surface area contributed by atoms with E-state index in [-0.39, 0.29) is 0 Å². The van der Waals surface area contributed by atoms with Gasteiger partial charge in [-0.1, -0.05) is 0 Å². The summed E-state index contributed by atoms with van der Waals surface area (Å²) in [5.41, 5.74) is 0. The minimum absolute atomic E-state index is 0.293. The number of Topliss-reactive ketones (excluding diaryl/α,β-unsaturated/α-hetero) is 1. The predicted octanol–water partition coefficient (Wildman–Crippen LogP) is 1.36. The van der Waals surface area contributed by atoms with Gasteiger partial charge in [-0.05, 0) is 24.7 Å². The molecule has 0 unspecified atom stereocenters. The van der Waals surface area contributed by atoms with Gasteiger partial charge in [0.2, 0.25) is 0 Å². The Morgan fingerprint density at radius 1 is 1.36 bits per heavy atom. The van der Waals surface area contributed by atoms with Crippen LogP contribution < -0.4 is 0 Å². The fraction of sp³-hybridized carbons (Fsp3) is 0.800. The molecule has 78 valence electrons. The molecule has 0 aromatic rings. The second-order valence-electron chi connectivity index (χ2n) is 4.32. The standard InChI is InChI=1S/C10H15NO3/c12-9-2-1-7-3-4-11(10(13)14)6-8(7)5-9/h7-8H,1-6H2,(H,13,14)/t7-,8+/m0/s1. The van der Waals surface area contributed by atoms with Crippen LogP contribution in [0, 0.1) is 11.8 Å². The van der Waals surface area contributed by atoms with Gasteiger partial charge in [0, 0.05) is 25.9 Å². The van der Waals surface area contributed by atoms with E-state index in [4.69, 9.17) is 5.11 Å². The van der Waals surface area contributed by atoms with E-state index in [1.807, 2.05) is 0 Å². The average molecular weight is 197 g/mol. The lowest BCUT2D eigenvalue weighted by molar-refractivity contribution is -0.123. The number of carboxylic acid groups (broad SMARTS) is 1. The largest absolute Gasteiger partial charge is 0.465 e. The van der Waals surface area contributed by atoms with Crippen molar-refractivity contribution in [3.63, 3.8) is 0 Å². The fourth-order valence-electron chi connectivity index (χ4n) is 2.61. The zero-order chi connectivity index (χ0) is 10.1. The molecule has 4 heteroatoms. The Balaban J connectivity index is 1.99. The number of piperidine rings is 1. The lowest BCUT2D eigenvalue weighted by atomic mass is 9.75. The number of carbonyl (C=O) groups is 2. The molecular weight excluding hydrogens is 182 g/mol. The molecule has 0 bridgehead atoms. The van der Waals surface area contributed by atoms with Crippen molar-refractivity contribution >= 4 is 11.9 Å². The Labute approximate surface area is 82.9 Å². The zero-order valence-corrected chi connectivity index (χ0v) is 8.11. The van der Waals surface area contributed by atoms with Crippen molar-refractivity contribution in [3.8, 4) is 0 Å². The first-order valence-electron chi connectivity index (χ1n) is 5.16. The van der Waals surface area contributed by atoms with Crippen LogP contribution in [0.2, 0.25) is 0 Å². The molecule has 1 N–H and O–H groups in total. The topological polar surface area (TPSA) is 57.6 Å². The molecule has 1 saturated carbocycles. The van der Waals surface area contributed by atoms with E-state index in [2.05, 4.69) is 0 Å². The molecule has 2 atom stereocenters. The Morgan fingerprint density at radius 3 is 2.86 bits per heavy atom. The molecular formula is C10H15NO3. The quantitative estimate of drug-likeness (QED) is 0.637. The van der Waals surface area contributed by atoms with Gasteiger partial charge in [0.1, 0.15) is 5.78 Å². The van der Waals surface area contributed by atoms with Gasteiger partial charge in [0.05, 0.1) is 0 Å². The van der Waals surface area contributed by atoms with E-state index < -0.39 is 6.09 Å². The molecule has 1 amide bonds. The summed E-state index contributed by atoms with van der Waals surface area (Å²) in [6, 6.07) is 0. The Morgan fingerprint density at radius 2 is 2.14 bits per heavy atom. The first-order valence-corrected chi connectivity index (χ1v) is 5.16. The van der Waals surface area contributed by atoms with Crippen LogP contribution in [-0.2, 0) is 4.79 Å². The molecule has 2 rings (SSSR count). The summed E-state index contributed by atoms with van der Waals surface area (Å²) >= 11 is 0. The molecule has 4 nitrogen and oxygen atoms in total. The highest BCUT2D eigenvalue weighted by Gasteiger charge is 2.35. The van der Waals surface area contributed by atoms with Gasteiger partial charge in [-0.3, -0.25) is 4.79 Å². The van der Waals surface area contributed by atoms with Crippen LogP contribution in [0.4, 0.5) is 4.79 Å². The monoisotopic (exact) mass is 197 g/mol. The van der Waals surface area contributed by atoms with Crippen LogP contribution in [0.1, 0.15) is 25.7 Å². The normalized spacial score (nSPS) is 32.6. The summed E-state index contributed by atoms with van der Waals surface area (Å²) in [5.74, 6) is 1.18. The molecule has 1 saturated heterocycles. The molecule has 2 aliphatic rings. The van der Waals surface area contributed by atoms with Gasteiger partial charge in [-0.15, -0.1) is 0 Å². The fourth-order valence-corrected chi connectivity index (χ4v) is 2.61. The highest BCUT2D eigenvalue weighted by molar-refractivity contribution is 5.79. The molecule has 1 aliphatic heterocycles. The second kappa shape index (κ2) is 3.59. The lowest BCUT2D eigenvalue weighted by Crippen LogP contribution is -2.45. The molecule has 0 aromatic heterocycles. The van der Waals surface area contributed by atoms with Gasteiger partial charge >= 0.3 is 6.09 Å². The average Bonchev–Trinajstić information content (AvgIpc) is 2.16. The van der Waals surface area contributed by atoms with Gasteiger partial charge in [-0.2, -0.15) is 0 Å². The van der Waals surface area contributed by atoms with Crippen LogP contribution in [0.25, 0.3) is 0 Å². The van der Waals surface area contributed by atoms with Crippen LogP contribution in [0.3, 0.4) is 0 Å². The highest BCUT2D eigenvalue weighted by Crippen LogP contribution is 2.34. The molecule has 14 heavy (non-hydrogen) atoms. The zero-order valence-electron chi connectivity index (χ0n) is 8.11. The predicted molar refractivity (Wildman–Crippen MR) is 50.1 cm³/mol. The maximum atomic E-state index is 11.2. The minimum atomic E-state index is -0.846. The summed E-state index contributed by atoms with van der Waals surface area (Å²) < 4.78 is 0. The number of likely N-dealkylation sites (tertiary alicyclic amines) is 1. The van der Waals surface area contributed by atoms with Crippen molar-refractivity contribution in [1.29, 1.82) is 0 Å². The van der Waals surface area contributed by atoms with Crippen molar-refractivity contribution in [1.82, 2.24) is 4.90 Å². The van der Waals surface area contributed by atoms with E-state index in [9.17, 15) is 9.59 Å². The van der Waals surface area contributed by atoms with Crippen LogP contribution in [-0.4, -0.2) is 35.0 Å². The van der Waals surface area contributed by atoms with Crippen LogP contribution in [0.5, 0.6) is 0 Å². The highest BCUT2D eigenvalue weighted by atomic mass is 16.4. The van der Waals surface area contributed by atoms with E-state index in [0.29, 0.717) is 43.6 Å². The van der Waals surface area contributed by atoms with Gasteiger partial charge in [-0.25, -0.2) is 4.79 Å². The molecule has 2 fully saturated rings. The van der Waals surface area contributed by atoms with E-state index in [0.717, 1.165) is 12.8 Å². The smallest absolute Gasteiger partial charge is 0.407 e. The molecule has 1 heterocycles. The molecule has 0 radical (unpaired) electrons. The number of hydrogen-bond donors (Lipinski definition) is 1. The van der Waals surface area contributed by atoms with Crippen LogP contribution in [0.15, 0.2) is 0 Å². The van der Waals surface area contributed by atoms with Gasteiger partial charge in [0.15, 0.2) is 0 Å². The minimum Gasteiger partial charge on any atom is -0.465 e. The number of amides is 1. The molecule has 0 aromatic carbocycles.